The summed E-state index contributed by atoms with van der Waals surface area (Å²) in [7, 11) is 0. The second-order valence-corrected chi connectivity index (χ2v) is 14.0. The zero-order valence-electron chi connectivity index (χ0n) is 30.5. The molecule has 0 saturated heterocycles. The first-order valence-corrected chi connectivity index (χ1v) is 18.9. The van der Waals surface area contributed by atoms with Gasteiger partial charge >= 0.3 is 0 Å². The van der Waals surface area contributed by atoms with Crippen molar-refractivity contribution in [3.8, 4) is 78.5 Å². The lowest BCUT2D eigenvalue weighted by Gasteiger charge is -2.15. The molecule has 0 N–H and O–H groups in total. The molecule has 8 aromatic carbocycles. The third-order valence-electron chi connectivity index (χ3n) is 10.5. The van der Waals surface area contributed by atoms with Crippen molar-refractivity contribution in [1.29, 1.82) is 0 Å². The van der Waals surface area contributed by atoms with E-state index in [-0.39, 0.29) is 0 Å². The average Bonchev–Trinajstić information content (AvgIpc) is 3.29. The summed E-state index contributed by atoms with van der Waals surface area (Å²) in [6, 6.07) is 74.5. The molecule has 56 heavy (non-hydrogen) atoms. The van der Waals surface area contributed by atoms with Crippen molar-refractivity contribution in [3.05, 3.63) is 212 Å². The molecule has 0 saturated carbocycles. The van der Waals surface area contributed by atoms with Crippen LogP contribution >= 0.6 is 0 Å². The van der Waals surface area contributed by atoms with E-state index in [4.69, 9.17) is 15.0 Å². The van der Waals surface area contributed by atoms with Crippen LogP contribution in [0, 0.1) is 0 Å². The molecule has 10 rings (SSSR count). The lowest BCUT2D eigenvalue weighted by molar-refractivity contribution is 1.18. The number of hydrogen-bond donors (Lipinski definition) is 0. The van der Waals surface area contributed by atoms with Crippen LogP contribution in [0.1, 0.15) is 0 Å². The highest BCUT2D eigenvalue weighted by molar-refractivity contribution is 6.17. The number of fused-ring (bicyclic) bond motifs is 3. The molecule has 0 aliphatic carbocycles. The third-order valence-corrected chi connectivity index (χ3v) is 10.5. The van der Waals surface area contributed by atoms with Crippen LogP contribution in [0.15, 0.2) is 212 Å². The predicted molar refractivity (Wildman–Crippen MR) is 233 cm³/mol. The van der Waals surface area contributed by atoms with Gasteiger partial charge in [0.25, 0.3) is 0 Å². The van der Waals surface area contributed by atoms with Crippen molar-refractivity contribution in [2.45, 2.75) is 0 Å². The van der Waals surface area contributed by atoms with Gasteiger partial charge in [0, 0.05) is 27.6 Å². The van der Waals surface area contributed by atoms with Crippen LogP contribution in [0.4, 0.5) is 0 Å². The molecule has 2 heterocycles. The standard InChI is InChI=1S/C53H35N3/c1-5-16-36(17-6-1)40-24-13-26-42(32-40)50-35-51(56-53(55-50)39-22-11-4-12-23-39)43-27-14-25-41(33-43)44-28-15-29-46-45(44)30-31-48-52(46)47(37-18-7-2-8-19-37)34-49(54-48)38-20-9-3-10-21-38/h1-35H. The van der Waals surface area contributed by atoms with Gasteiger partial charge in [-0.3, -0.25) is 0 Å². The fraction of sp³-hybridized carbons (Fsp3) is 0. The van der Waals surface area contributed by atoms with Crippen molar-refractivity contribution in [2.24, 2.45) is 0 Å². The first-order chi connectivity index (χ1) is 27.7. The van der Waals surface area contributed by atoms with Crippen LogP contribution in [0.5, 0.6) is 0 Å². The summed E-state index contributed by atoms with van der Waals surface area (Å²) in [6.07, 6.45) is 0. The minimum atomic E-state index is 0.695. The third kappa shape index (κ3) is 6.31. The molecule has 3 heteroatoms. The molecule has 10 aromatic rings. The van der Waals surface area contributed by atoms with E-state index in [0.717, 1.165) is 66.9 Å². The molecular formula is C53H35N3. The van der Waals surface area contributed by atoms with Crippen LogP contribution in [-0.2, 0) is 0 Å². The number of pyridine rings is 1. The normalized spacial score (nSPS) is 11.2. The van der Waals surface area contributed by atoms with Gasteiger partial charge in [0.05, 0.1) is 22.6 Å². The number of benzene rings is 8. The van der Waals surface area contributed by atoms with Crippen molar-refractivity contribution in [2.75, 3.05) is 0 Å². The van der Waals surface area contributed by atoms with E-state index in [2.05, 4.69) is 182 Å². The number of nitrogens with zero attached hydrogens (tertiary/aromatic N) is 3. The minimum absolute atomic E-state index is 0.695. The Morgan fingerprint density at radius 1 is 0.250 bits per heavy atom. The number of rotatable bonds is 7. The summed E-state index contributed by atoms with van der Waals surface area (Å²) in [5.74, 6) is 0.695. The fourth-order valence-electron chi connectivity index (χ4n) is 7.74. The van der Waals surface area contributed by atoms with E-state index < -0.39 is 0 Å². The molecule has 0 fully saturated rings. The molecule has 0 atom stereocenters. The van der Waals surface area contributed by atoms with Gasteiger partial charge in [0.15, 0.2) is 5.82 Å². The monoisotopic (exact) mass is 713 g/mol. The smallest absolute Gasteiger partial charge is 0.160 e. The maximum absolute atomic E-state index is 5.21. The van der Waals surface area contributed by atoms with Crippen LogP contribution < -0.4 is 0 Å². The summed E-state index contributed by atoms with van der Waals surface area (Å²) < 4.78 is 0. The van der Waals surface area contributed by atoms with Gasteiger partial charge < -0.3 is 0 Å². The maximum atomic E-state index is 5.21. The van der Waals surface area contributed by atoms with Gasteiger partial charge in [-0.15, -0.1) is 0 Å². The topological polar surface area (TPSA) is 38.7 Å². The Kier molecular flexibility index (Phi) is 8.51. The van der Waals surface area contributed by atoms with Gasteiger partial charge in [0.2, 0.25) is 0 Å². The Morgan fingerprint density at radius 2 is 0.750 bits per heavy atom. The first-order valence-electron chi connectivity index (χ1n) is 18.9. The van der Waals surface area contributed by atoms with Crippen molar-refractivity contribution < 1.29 is 0 Å². The summed E-state index contributed by atoms with van der Waals surface area (Å²) >= 11 is 0. The van der Waals surface area contributed by atoms with E-state index in [0.29, 0.717) is 5.82 Å². The Hall–Kier alpha value is -7.49. The highest BCUT2D eigenvalue weighted by Crippen LogP contribution is 2.40. The molecule has 0 aliphatic rings. The number of aromatic nitrogens is 3. The lowest BCUT2D eigenvalue weighted by atomic mass is 9.91. The van der Waals surface area contributed by atoms with E-state index in [1.165, 1.54) is 27.5 Å². The average molecular weight is 714 g/mol. The van der Waals surface area contributed by atoms with Crippen LogP contribution in [0.3, 0.4) is 0 Å². The van der Waals surface area contributed by atoms with Crippen LogP contribution in [0.2, 0.25) is 0 Å². The minimum Gasteiger partial charge on any atom is -0.248 e. The Bertz CT molecular complexity index is 3000. The molecule has 262 valence electrons. The zero-order valence-corrected chi connectivity index (χ0v) is 30.5. The highest BCUT2D eigenvalue weighted by Gasteiger charge is 2.16. The molecule has 0 bridgehead atoms. The van der Waals surface area contributed by atoms with Crippen molar-refractivity contribution in [1.82, 2.24) is 15.0 Å². The van der Waals surface area contributed by atoms with Gasteiger partial charge in [-0.05, 0) is 74.5 Å². The van der Waals surface area contributed by atoms with Gasteiger partial charge in [-0.25, -0.2) is 15.0 Å². The van der Waals surface area contributed by atoms with Gasteiger partial charge in [-0.2, -0.15) is 0 Å². The quantitative estimate of drug-likeness (QED) is 0.154. The van der Waals surface area contributed by atoms with Gasteiger partial charge in [-0.1, -0.05) is 182 Å². The summed E-state index contributed by atoms with van der Waals surface area (Å²) in [4.78, 5) is 15.5. The second kappa shape index (κ2) is 14.4. The van der Waals surface area contributed by atoms with Crippen LogP contribution in [-0.4, -0.2) is 15.0 Å². The van der Waals surface area contributed by atoms with Crippen LogP contribution in [0.25, 0.3) is 100 Å². The lowest BCUT2D eigenvalue weighted by Crippen LogP contribution is -1.96. The molecule has 0 radical (unpaired) electrons. The molecule has 3 nitrogen and oxygen atoms in total. The molecule has 0 amide bonds. The maximum Gasteiger partial charge on any atom is 0.160 e. The molecule has 0 spiro atoms. The molecule has 0 aliphatic heterocycles. The SMILES string of the molecule is c1ccc(-c2cccc(-c3cc(-c4cccc(-c5cccc6c5ccc5nc(-c7ccccc7)cc(-c7ccccc7)c56)c4)nc(-c4ccccc4)n3)c2)cc1. The first kappa shape index (κ1) is 33.1. The molecule has 2 aromatic heterocycles. The Morgan fingerprint density at radius 3 is 1.41 bits per heavy atom. The van der Waals surface area contributed by atoms with Gasteiger partial charge in [0.1, 0.15) is 0 Å². The second-order valence-electron chi connectivity index (χ2n) is 14.0. The summed E-state index contributed by atoms with van der Waals surface area (Å²) in [5.41, 5.74) is 14.8. The zero-order chi connectivity index (χ0) is 37.3. The van der Waals surface area contributed by atoms with E-state index >= 15 is 0 Å². The summed E-state index contributed by atoms with van der Waals surface area (Å²) in [5, 5.41) is 3.50. The molecular weight excluding hydrogens is 679 g/mol. The predicted octanol–water partition coefficient (Wildman–Crippen LogP) is 13.8. The Labute approximate surface area is 326 Å². The highest BCUT2D eigenvalue weighted by atomic mass is 14.9. The van der Waals surface area contributed by atoms with E-state index in [9.17, 15) is 0 Å². The van der Waals surface area contributed by atoms with Crippen molar-refractivity contribution in [3.63, 3.8) is 0 Å². The largest absolute Gasteiger partial charge is 0.248 e. The summed E-state index contributed by atoms with van der Waals surface area (Å²) in [6.45, 7) is 0. The van der Waals surface area contributed by atoms with E-state index in [1.807, 2.05) is 30.3 Å². The van der Waals surface area contributed by atoms with Crippen molar-refractivity contribution >= 4 is 21.7 Å². The fourth-order valence-corrected chi connectivity index (χ4v) is 7.74. The number of hydrogen-bond acceptors (Lipinski definition) is 3. The molecule has 0 unspecified atom stereocenters. The van der Waals surface area contributed by atoms with E-state index in [1.54, 1.807) is 0 Å². The Balaban J connectivity index is 1.12.